The second-order valence-corrected chi connectivity index (χ2v) is 8.09. The molecule has 112 valence electrons. The Bertz CT molecular complexity index is 332. The number of amides is 1. The molecule has 2 aliphatic carbocycles. The van der Waals surface area contributed by atoms with Gasteiger partial charge in [0.2, 0.25) is 5.91 Å². The second-order valence-electron chi connectivity index (χ2n) is 8.09. The Morgan fingerprint density at radius 3 is 1.95 bits per heavy atom. The highest BCUT2D eigenvalue weighted by Gasteiger charge is 2.43. The number of carbonyl (C=O) groups is 1. The minimum Gasteiger partial charge on any atom is -0.352 e. The monoisotopic (exact) mass is 288 g/mol. The quantitative estimate of drug-likeness (QED) is 0.821. The lowest BCUT2D eigenvalue weighted by molar-refractivity contribution is -0.130. The zero-order chi connectivity index (χ0) is 13.6. The third-order valence-corrected chi connectivity index (χ3v) is 4.59. The van der Waals surface area contributed by atoms with Crippen LogP contribution in [0, 0.1) is 10.8 Å². The molecule has 1 amide bonds. The highest BCUT2D eigenvalue weighted by atomic mass is 35.5. The summed E-state index contributed by atoms with van der Waals surface area (Å²) >= 11 is 0. The molecule has 0 aromatic heterocycles. The summed E-state index contributed by atoms with van der Waals surface area (Å²) in [6.45, 7) is 9.20. The molecule has 0 atom stereocenters. The number of hydrogen-bond acceptors (Lipinski definition) is 2. The van der Waals surface area contributed by atoms with E-state index in [9.17, 15) is 4.79 Å². The van der Waals surface area contributed by atoms with Gasteiger partial charge in [-0.15, -0.1) is 12.4 Å². The zero-order valence-corrected chi connectivity index (χ0v) is 13.5. The molecule has 4 heteroatoms. The number of rotatable bonds is 2. The molecule has 2 saturated carbocycles. The molecule has 3 nitrogen and oxygen atoms in total. The Morgan fingerprint density at radius 1 is 1.11 bits per heavy atom. The normalized spacial score (nSPS) is 27.8. The van der Waals surface area contributed by atoms with Crippen LogP contribution in [-0.2, 0) is 4.79 Å². The molecule has 0 spiro atoms. The van der Waals surface area contributed by atoms with Crippen LogP contribution in [0.3, 0.4) is 0 Å². The van der Waals surface area contributed by atoms with E-state index in [2.05, 4.69) is 33.0 Å². The lowest BCUT2D eigenvalue weighted by atomic mass is 9.63. The van der Waals surface area contributed by atoms with Gasteiger partial charge in [-0.2, -0.15) is 0 Å². The molecule has 0 radical (unpaired) electrons. The van der Waals surface area contributed by atoms with Crippen LogP contribution in [0.4, 0.5) is 0 Å². The highest BCUT2D eigenvalue weighted by molar-refractivity contribution is 5.87. The largest absolute Gasteiger partial charge is 0.352 e. The molecule has 0 saturated heterocycles. The molecule has 0 aromatic carbocycles. The van der Waals surface area contributed by atoms with Gasteiger partial charge in [-0.25, -0.2) is 0 Å². The lowest BCUT2D eigenvalue weighted by Crippen LogP contribution is -2.61. The van der Waals surface area contributed by atoms with Crippen molar-refractivity contribution in [1.29, 1.82) is 0 Å². The fourth-order valence-electron chi connectivity index (χ4n) is 4.06. The van der Waals surface area contributed by atoms with E-state index in [4.69, 9.17) is 5.73 Å². The van der Waals surface area contributed by atoms with E-state index >= 15 is 0 Å². The summed E-state index contributed by atoms with van der Waals surface area (Å²) in [5, 5.41) is 3.21. The molecule has 0 aliphatic heterocycles. The van der Waals surface area contributed by atoms with E-state index in [1.54, 1.807) is 0 Å². The average molecular weight is 289 g/mol. The topological polar surface area (TPSA) is 55.1 Å². The molecule has 2 rings (SSSR count). The van der Waals surface area contributed by atoms with E-state index in [1.165, 1.54) is 6.42 Å². The average Bonchev–Trinajstić information content (AvgIpc) is 2.08. The Labute approximate surface area is 123 Å². The van der Waals surface area contributed by atoms with E-state index < -0.39 is 5.54 Å². The molecule has 19 heavy (non-hydrogen) atoms. The summed E-state index contributed by atoms with van der Waals surface area (Å²) in [5.41, 5.74) is 6.14. The predicted molar refractivity (Wildman–Crippen MR) is 81.4 cm³/mol. The van der Waals surface area contributed by atoms with E-state index in [-0.39, 0.29) is 24.4 Å². The van der Waals surface area contributed by atoms with Crippen LogP contribution in [0.25, 0.3) is 0 Å². The Kier molecular flexibility index (Phi) is 4.63. The molecule has 3 N–H and O–H groups in total. The lowest BCUT2D eigenvalue weighted by Gasteiger charge is -2.46. The van der Waals surface area contributed by atoms with Gasteiger partial charge in [0.05, 0.1) is 5.54 Å². The maximum absolute atomic E-state index is 12.2. The Morgan fingerprint density at radius 2 is 1.58 bits per heavy atom. The minimum absolute atomic E-state index is 0. The number of halogens is 1. The van der Waals surface area contributed by atoms with Gasteiger partial charge in [0, 0.05) is 6.04 Å². The third kappa shape index (κ3) is 3.85. The summed E-state index contributed by atoms with van der Waals surface area (Å²) in [4.78, 5) is 12.2. The van der Waals surface area contributed by atoms with Crippen LogP contribution in [0.15, 0.2) is 0 Å². The van der Waals surface area contributed by atoms with E-state index in [0.29, 0.717) is 10.8 Å². The van der Waals surface area contributed by atoms with Crippen LogP contribution >= 0.6 is 12.4 Å². The van der Waals surface area contributed by atoms with E-state index in [0.717, 1.165) is 32.1 Å². The predicted octanol–water partition coefficient (Wildman–Crippen LogP) is 3.01. The van der Waals surface area contributed by atoms with Gasteiger partial charge >= 0.3 is 0 Å². The van der Waals surface area contributed by atoms with Crippen LogP contribution in [0.5, 0.6) is 0 Å². The smallest absolute Gasteiger partial charge is 0.240 e. The summed E-state index contributed by atoms with van der Waals surface area (Å²) in [6, 6.07) is 0.289. The van der Waals surface area contributed by atoms with Crippen LogP contribution in [-0.4, -0.2) is 17.5 Å². The first-order chi connectivity index (χ1) is 8.12. The molecular weight excluding hydrogens is 260 g/mol. The number of hydrogen-bond donors (Lipinski definition) is 2. The maximum Gasteiger partial charge on any atom is 0.240 e. The van der Waals surface area contributed by atoms with Crippen molar-refractivity contribution in [1.82, 2.24) is 5.32 Å². The maximum atomic E-state index is 12.2. The van der Waals surface area contributed by atoms with Gasteiger partial charge in [0.15, 0.2) is 0 Å². The fraction of sp³-hybridized carbons (Fsp3) is 0.933. The molecule has 2 aliphatic rings. The minimum atomic E-state index is -0.564. The van der Waals surface area contributed by atoms with Crippen molar-refractivity contribution in [2.45, 2.75) is 77.8 Å². The molecule has 2 fully saturated rings. The summed E-state index contributed by atoms with van der Waals surface area (Å²) in [6.07, 6.45) is 6.14. The summed E-state index contributed by atoms with van der Waals surface area (Å²) in [7, 11) is 0. The number of nitrogens with two attached hydrogens (primary N) is 1. The van der Waals surface area contributed by atoms with Crippen molar-refractivity contribution in [2.24, 2.45) is 16.6 Å². The van der Waals surface area contributed by atoms with Gasteiger partial charge in [-0.1, -0.05) is 27.7 Å². The SMILES string of the molecule is CC1(C)CC(NC(=O)C2(N)CCC2)CC(C)(C)C1.Cl. The second kappa shape index (κ2) is 5.25. The van der Waals surface area contributed by atoms with Crippen molar-refractivity contribution in [2.75, 3.05) is 0 Å². The number of nitrogens with one attached hydrogen (secondary N) is 1. The molecular formula is C15H29ClN2O. The fourth-order valence-corrected chi connectivity index (χ4v) is 4.06. The highest BCUT2D eigenvalue weighted by Crippen LogP contribution is 2.45. The van der Waals surface area contributed by atoms with Crippen molar-refractivity contribution in [3.63, 3.8) is 0 Å². The summed E-state index contributed by atoms with van der Waals surface area (Å²) in [5.74, 6) is 0.0762. The van der Waals surface area contributed by atoms with Crippen molar-refractivity contribution in [3.8, 4) is 0 Å². The molecule has 0 aromatic rings. The first-order valence-electron chi connectivity index (χ1n) is 7.22. The molecule has 0 bridgehead atoms. The van der Waals surface area contributed by atoms with Gasteiger partial charge in [-0.05, 0) is 49.4 Å². The van der Waals surface area contributed by atoms with Crippen molar-refractivity contribution in [3.05, 3.63) is 0 Å². The van der Waals surface area contributed by atoms with Crippen molar-refractivity contribution >= 4 is 18.3 Å². The van der Waals surface area contributed by atoms with Crippen LogP contribution < -0.4 is 11.1 Å². The summed E-state index contributed by atoms with van der Waals surface area (Å²) < 4.78 is 0. The zero-order valence-electron chi connectivity index (χ0n) is 12.7. The van der Waals surface area contributed by atoms with Gasteiger partial charge in [0.1, 0.15) is 0 Å². The van der Waals surface area contributed by atoms with E-state index in [1.807, 2.05) is 0 Å². The van der Waals surface area contributed by atoms with Gasteiger partial charge in [-0.3, -0.25) is 4.79 Å². The first kappa shape index (κ1) is 16.8. The molecule has 0 unspecified atom stereocenters. The van der Waals surface area contributed by atoms with Crippen molar-refractivity contribution < 1.29 is 4.79 Å². The number of carbonyl (C=O) groups excluding carboxylic acids is 1. The van der Waals surface area contributed by atoms with Gasteiger partial charge in [0.25, 0.3) is 0 Å². The third-order valence-electron chi connectivity index (χ3n) is 4.59. The Balaban J connectivity index is 0.00000180. The first-order valence-corrected chi connectivity index (χ1v) is 7.22. The standard InChI is InChI=1S/C15H28N2O.ClH/c1-13(2)8-11(9-14(3,4)10-13)17-12(18)15(16)6-5-7-15;/h11H,5-10,16H2,1-4H3,(H,17,18);1H. The van der Waals surface area contributed by atoms with Crippen LogP contribution in [0.1, 0.15) is 66.2 Å². The van der Waals surface area contributed by atoms with Crippen LogP contribution in [0.2, 0.25) is 0 Å². The Hall–Kier alpha value is -0.280. The van der Waals surface area contributed by atoms with Gasteiger partial charge < -0.3 is 11.1 Å². The molecule has 0 heterocycles.